The number of benzene rings is 2. The Bertz CT molecular complexity index is 1080. The second-order valence-corrected chi connectivity index (χ2v) is 12.0. The van der Waals surface area contributed by atoms with Crippen molar-refractivity contribution in [2.24, 2.45) is 17.8 Å². The Kier molecular flexibility index (Phi) is 6.09. The van der Waals surface area contributed by atoms with E-state index in [0.29, 0.717) is 34.4 Å². The third-order valence-corrected chi connectivity index (χ3v) is 9.03. The Morgan fingerprint density at radius 1 is 0.909 bits per heavy atom. The summed E-state index contributed by atoms with van der Waals surface area (Å²) >= 11 is 5.40. The third-order valence-electron chi connectivity index (χ3n) is 7.23. The van der Waals surface area contributed by atoms with Crippen molar-refractivity contribution < 1.29 is 13.2 Å². The van der Waals surface area contributed by atoms with Gasteiger partial charge < -0.3 is 15.4 Å². The van der Waals surface area contributed by atoms with Crippen molar-refractivity contribution in [3.63, 3.8) is 0 Å². The van der Waals surface area contributed by atoms with Gasteiger partial charge in [0.1, 0.15) is 5.75 Å². The van der Waals surface area contributed by atoms with Crippen LogP contribution < -0.4 is 20.1 Å². The van der Waals surface area contributed by atoms with Crippen molar-refractivity contribution >= 4 is 38.7 Å². The molecule has 6 nitrogen and oxygen atoms in total. The zero-order valence-electron chi connectivity index (χ0n) is 18.8. The number of nitrogens with one attached hydrogen (secondary N) is 3. The van der Waals surface area contributed by atoms with Crippen LogP contribution in [0.25, 0.3) is 0 Å². The molecule has 33 heavy (non-hydrogen) atoms. The minimum Gasteiger partial charge on any atom is -0.494 e. The smallest absolute Gasteiger partial charge is 0.241 e. The summed E-state index contributed by atoms with van der Waals surface area (Å²) in [5, 5.41) is 6.67. The van der Waals surface area contributed by atoms with Crippen molar-refractivity contribution in [2.45, 2.75) is 55.9 Å². The minimum atomic E-state index is -3.56. The summed E-state index contributed by atoms with van der Waals surface area (Å²) in [6.07, 6.45) is 6.82. The molecule has 6 rings (SSSR count). The monoisotopic (exact) mass is 485 g/mol. The lowest BCUT2D eigenvalue weighted by Gasteiger charge is -2.56. The number of hydrogen-bond donors (Lipinski definition) is 3. The van der Waals surface area contributed by atoms with Gasteiger partial charge in [-0.15, -0.1) is 0 Å². The maximum absolute atomic E-state index is 13.2. The first kappa shape index (κ1) is 22.6. The number of anilines is 2. The van der Waals surface area contributed by atoms with E-state index in [9.17, 15) is 8.42 Å². The zero-order valence-corrected chi connectivity index (χ0v) is 20.5. The molecule has 4 fully saturated rings. The van der Waals surface area contributed by atoms with Gasteiger partial charge in [-0.05, 0) is 124 Å². The lowest BCUT2D eigenvalue weighted by atomic mass is 9.53. The van der Waals surface area contributed by atoms with Crippen LogP contribution in [-0.2, 0) is 10.0 Å². The maximum Gasteiger partial charge on any atom is 0.241 e. The van der Waals surface area contributed by atoms with Crippen LogP contribution in [0.3, 0.4) is 0 Å². The van der Waals surface area contributed by atoms with Crippen LogP contribution in [-0.4, -0.2) is 25.7 Å². The van der Waals surface area contributed by atoms with Crippen LogP contribution in [0.5, 0.6) is 5.75 Å². The first-order valence-electron chi connectivity index (χ1n) is 11.8. The van der Waals surface area contributed by atoms with E-state index in [1.54, 1.807) is 24.3 Å². The van der Waals surface area contributed by atoms with E-state index in [1.807, 2.05) is 31.2 Å². The van der Waals surface area contributed by atoms with Gasteiger partial charge in [0.25, 0.3) is 0 Å². The highest BCUT2D eigenvalue weighted by Crippen LogP contribution is 2.56. The SMILES string of the molecule is CCOc1ccc(NC(=S)Nc2ccc(S(=O)(=O)NC34CC5CC(CC(C5)C3)C4)cc2)cc1. The third kappa shape index (κ3) is 5.03. The van der Waals surface area contributed by atoms with Crippen LogP contribution in [0, 0.1) is 17.8 Å². The average molecular weight is 486 g/mol. The predicted molar refractivity (Wildman–Crippen MR) is 135 cm³/mol. The fourth-order valence-corrected chi connectivity index (χ4v) is 8.06. The van der Waals surface area contributed by atoms with Crippen molar-refractivity contribution in [1.82, 2.24) is 4.72 Å². The Labute approximate surface area is 201 Å². The van der Waals surface area contributed by atoms with Gasteiger partial charge in [-0.3, -0.25) is 0 Å². The quantitative estimate of drug-likeness (QED) is 0.471. The topological polar surface area (TPSA) is 79.5 Å². The van der Waals surface area contributed by atoms with E-state index in [-0.39, 0.29) is 5.54 Å². The molecule has 4 aliphatic rings. The second kappa shape index (κ2) is 8.89. The van der Waals surface area contributed by atoms with E-state index in [0.717, 1.165) is 36.4 Å². The van der Waals surface area contributed by atoms with Crippen molar-refractivity contribution in [1.29, 1.82) is 0 Å². The highest BCUT2D eigenvalue weighted by atomic mass is 32.2. The fraction of sp³-hybridized carbons (Fsp3) is 0.480. The minimum absolute atomic E-state index is 0.242. The normalized spacial score (nSPS) is 27.8. The van der Waals surface area contributed by atoms with Gasteiger partial charge in [-0.25, -0.2) is 13.1 Å². The lowest BCUT2D eigenvalue weighted by molar-refractivity contribution is -0.00810. The number of ether oxygens (including phenoxy) is 1. The van der Waals surface area contributed by atoms with Gasteiger partial charge in [-0.1, -0.05) is 0 Å². The second-order valence-electron chi connectivity index (χ2n) is 9.86. The average Bonchev–Trinajstić information content (AvgIpc) is 2.74. The van der Waals surface area contributed by atoms with E-state index in [1.165, 1.54) is 19.3 Å². The molecule has 0 amide bonds. The van der Waals surface area contributed by atoms with Crippen LogP contribution in [0.2, 0.25) is 0 Å². The Morgan fingerprint density at radius 3 is 1.88 bits per heavy atom. The molecule has 8 heteroatoms. The molecule has 4 bridgehead atoms. The first-order chi connectivity index (χ1) is 15.8. The molecule has 2 aromatic carbocycles. The molecule has 0 atom stereocenters. The highest BCUT2D eigenvalue weighted by molar-refractivity contribution is 7.89. The molecule has 0 aliphatic heterocycles. The zero-order chi connectivity index (χ0) is 23.1. The lowest BCUT2D eigenvalue weighted by Crippen LogP contribution is -2.59. The summed E-state index contributed by atoms with van der Waals surface area (Å²) in [7, 11) is -3.56. The number of hydrogen-bond acceptors (Lipinski definition) is 4. The molecular formula is C25H31N3O3S2. The van der Waals surface area contributed by atoms with Gasteiger partial charge in [0.05, 0.1) is 11.5 Å². The molecular weight excluding hydrogens is 454 g/mol. The largest absolute Gasteiger partial charge is 0.494 e. The molecule has 4 aliphatic carbocycles. The molecule has 3 N–H and O–H groups in total. The summed E-state index contributed by atoms with van der Waals surface area (Å²) in [5.41, 5.74) is 1.33. The van der Waals surface area contributed by atoms with Gasteiger partial charge in [0.15, 0.2) is 5.11 Å². The van der Waals surface area contributed by atoms with Gasteiger partial charge >= 0.3 is 0 Å². The molecule has 0 radical (unpaired) electrons. The standard InChI is InChI=1S/C25H31N3O3S2/c1-2-31-22-7-3-20(4-8-22)26-24(32)27-21-5-9-23(10-6-21)33(29,30)28-25-14-17-11-18(15-25)13-19(12-17)16-25/h3-10,17-19,28H,2,11-16H2,1H3,(H2,26,27,32). The van der Waals surface area contributed by atoms with E-state index in [2.05, 4.69) is 15.4 Å². The predicted octanol–water partition coefficient (Wildman–Crippen LogP) is 5.14. The maximum atomic E-state index is 13.2. The number of thiocarbonyl (C=S) groups is 1. The highest BCUT2D eigenvalue weighted by Gasteiger charge is 2.52. The molecule has 0 aromatic heterocycles. The van der Waals surface area contributed by atoms with E-state index < -0.39 is 10.0 Å². The summed E-state index contributed by atoms with van der Waals surface area (Å²) in [5.74, 6) is 2.87. The van der Waals surface area contributed by atoms with Gasteiger partial charge in [-0.2, -0.15) is 0 Å². The van der Waals surface area contributed by atoms with Crippen molar-refractivity contribution in [3.05, 3.63) is 48.5 Å². The van der Waals surface area contributed by atoms with Crippen LogP contribution in [0.1, 0.15) is 45.4 Å². The number of sulfonamides is 1. The molecule has 0 heterocycles. The Morgan fingerprint density at radius 2 is 1.39 bits per heavy atom. The first-order valence-corrected chi connectivity index (χ1v) is 13.7. The van der Waals surface area contributed by atoms with Crippen molar-refractivity contribution in [2.75, 3.05) is 17.2 Å². The van der Waals surface area contributed by atoms with Gasteiger partial charge in [0.2, 0.25) is 10.0 Å². The summed E-state index contributed by atoms with van der Waals surface area (Å²) < 4.78 is 34.9. The van der Waals surface area contributed by atoms with Gasteiger partial charge in [0, 0.05) is 16.9 Å². The molecule has 176 valence electrons. The summed E-state index contributed by atoms with van der Waals surface area (Å²) in [4.78, 5) is 0.300. The Hall–Kier alpha value is -2.16. The van der Waals surface area contributed by atoms with Crippen LogP contribution in [0.15, 0.2) is 53.4 Å². The molecule has 0 unspecified atom stereocenters. The van der Waals surface area contributed by atoms with Crippen molar-refractivity contribution in [3.8, 4) is 5.75 Å². The van der Waals surface area contributed by atoms with Crippen LogP contribution >= 0.6 is 12.2 Å². The Balaban J connectivity index is 1.20. The summed E-state index contributed by atoms with van der Waals surface area (Å²) in [6, 6.07) is 14.3. The number of rotatable bonds is 7. The van der Waals surface area contributed by atoms with E-state index >= 15 is 0 Å². The molecule has 0 saturated heterocycles. The van der Waals surface area contributed by atoms with E-state index in [4.69, 9.17) is 17.0 Å². The molecule has 2 aromatic rings. The summed E-state index contributed by atoms with van der Waals surface area (Å²) in [6.45, 7) is 2.57. The molecule has 0 spiro atoms. The fourth-order valence-electron chi connectivity index (χ4n) is 6.39. The molecule has 4 saturated carbocycles. The van der Waals surface area contributed by atoms with Crippen LogP contribution in [0.4, 0.5) is 11.4 Å².